The molecule has 2 N–H and O–H groups in total. The Kier molecular flexibility index (Phi) is 9.35. The van der Waals surface area contributed by atoms with Crippen molar-refractivity contribution in [1.82, 2.24) is 9.97 Å². The number of aromatic nitrogens is 2. The van der Waals surface area contributed by atoms with Gasteiger partial charge >= 0.3 is 0 Å². The number of aliphatic hydroxyl groups is 1. The lowest BCUT2D eigenvalue weighted by Gasteiger charge is -2.41. The topological polar surface area (TPSA) is 93.6 Å². The van der Waals surface area contributed by atoms with Crippen molar-refractivity contribution >= 4 is 23.4 Å². The second-order valence-corrected chi connectivity index (χ2v) is 10.7. The van der Waals surface area contributed by atoms with E-state index in [0.717, 1.165) is 11.1 Å². The van der Waals surface area contributed by atoms with Gasteiger partial charge in [0, 0.05) is 35.3 Å². The van der Waals surface area contributed by atoms with Gasteiger partial charge in [0.15, 0.2) is 34.7 Å². The summed E-state index contributed by atoms with van der Waals surface area (Å²) in [6, 6.07) is 14.9. The molecule has 0 unspecified atom stereocenters. The normalized spacial score (nSPS) is 20.2. The monoisotopic (exact) mass is 617 g/mol. The van der Waals surface area contributed by atoms with Gasteiger partial charge < -0.3 is 19.9 Å². The van der Waals surface area contributed by atoms with E-state index >= 15 is 0 Å². The second-order valence-electron chi connectivity index (χ2n) is 9.69. The lowest BCUT2D eigenvalue weighted by atomic mass is 9.91. The molecule has 5 rings (SSSR count). The van der Waals surface area contributed by atoms with Gasteiger partial charge in [-0.3, -0.25) is 4.79 Å². The van der Waals surface area contributed by atoms with Gasteiger partial charge in [-0.05, 0) is 29.3 Å². The third kappa shape index (κ3) is 6.54. The molecule has 0 spiro atoms. The molecule has 2 heterocycles. The van der Waals surface area contributed by atoms with Crippen LogP contribution in [0.5, 0.6) is 0 Å². The van der Waals surface area contributed by atoms with Crippen LogP contribution in [-0.2, 0) is 16.1 Å². The number of halogens is 5. The van der Waals surface area contributed by atoms with Crippen LogP contribution < -0.4 is 5.32 Å². The van der Waals surface area contributed by atoms with Gasteiger partial charge in [-0.25, -0.2) is 31.9 Å². The van der Waals surface area contributed by atoms with Crippen LogP contribution in [0, 0.1) is 35.0 Å². The Bertz CT molecular complexity index is 1580. The lowest BCUT2D eigenvalue weighted by molar-refractivity contribution is -0.268. The van der Waals surface area contributed by atoms with Gasteiger partial charge in [0.2, 0.25) is 5.82 Å². The fourth-order valence-corrected chi connectivity index (χ4v) is 5.55. The first kappa shape index (κ1) is 30.5. The molecular formula is C30H24F5N3O4S. The van der Waals surface area contributed by atoms with Gasteiger partial charge in [0.25, 0.3) is 5.91 Å². The maximum atomic E-state index is 14.2. The minimum Gasteiger partial charge on any atom is -0.392 e. The summed E-state index contributed by atoms with van der Waals surface area (Å²) in [4.78, 5) is 21.1. The molecule has 0 saturated carbocycles. The molecule has 0 bridgehead atoms. The van der Waals surface area contributed by atoms with E-state index in [2.05, 4.69) is 15.3 Å². The molecule has 3 aromatic carbocycles. The molecule has 13 heteroatoms. The van der Waals surface area contributed by atoms with Crippen molar-refractivity contribution in [2.24, 2.45) is 5.92 Å². The van der Waals surface area contributed by atoms with E-state index < -0.39 is 53.0 Å². The molecule has 1 aromatic heterocycles. The summed E-state index contributed by atoms with van der Waals surface area (Å²) < 4.78 is 81.9. The number of rotatable bonds is 8. The van der Waals surface area contributed by atoms with E-state index in [-0.39, 0.29) is 24.3 Å². The smallest absolute Gasteiger partial charge is 0.261 e. The quantitative estimate of drug-likeness (QED) is 0.0767. The fraction of sp³-hybridized carbons (Fsp3) is 0.233. The number of anilines is 1. The highest BCUT2D eigenvalue weighted by atomic mass is 32.2. The average molecular weight is 618 g/mol. The van der Waals surface area contributed by atoms with Crippen molar-refractivity contribution in [1.29, 1.82) is 0 Å². The Morgan fingerprint density at radius 1 is 0.884 bits per heavy atom. The molecule has 0 aliphatic carbocycles. The number of benzene rings is 3. The molecule has 1 aliphatic rings. The lowest BCUT2D eigenvalue weighted by Crippen LogP contribution is -2.38. The number of nitrogens with one attached hydrogen (secondary N) is 1. The summed E-state index contributed by atoms with van der Waals surface area (Å²) in [7, 11) is 0. The van der Waals surface area contributed by atoms with Crippen molar-refractivity contribution in [3.05, 3.63) is 118 Å². The minimum absolute atomic E-state index is 0.00437. The molecule has 224 valence electrons. The van der Waals surface area contributed by atoms with Crippen molar-refractivity contribution in [2.45, 2.75) is 37.2 Å². The third-order valence-corrected chi connectivity index (χ3v) is 7.86. The maximum Gasteiger partial charge on any atom is 0.261 e. The Morgan fingerprint density at radius 2 is 1.53 bits per heavy atom. The zero-order chi connectivity index (χ0) is 30.7. The number of thioether (sulfide) groups is 1. The predicted molar refractivity (Wildman–Crippen MR) is 146 cm³/mol. The highest BCUT2D eigenvalue weighted by Gasteiger charge is 2.38. The first-order valence-electron chi connectivity index (χ1n) is 13.0. The first-order valence-corrected chi connectivity index (χ1v) is 14.0. The van der Waals surface area contributed by atoms with Crippen molar-refractivity contribution in [3.63, 3.8) is 0 Å². The molecule has 1 fully saturated rings. The SMILES string of the molecule is C[C@@H]1[C@H](CSc2ncccn2)O[C@H](c2cccc(NC(=O)c3c(F)c(F)c(F)c(F)c3F)c2)O[C@@H]1c1ccc(CO)cc1. The number of amides is 1. The number of hydrogen-bond donors (Lipinski definition) is 2. The zero-order valence-corrected chi connectivity index (χ0v) is 23.3. The third-order valence-electron chi connectivity index (χ3n) is 6.90. The second kappa shape index (κ2) is 13.2. The largest absolute Gasteiger partial charge is 0.392 e. The number of hydrogen-bond acceptors (Lipinski definition) is 7. The standard InChI is InChI=1S/C30H24F5N3O4S/c1-15-20(14-43-30-36-10-3-11-37-30)41-29(42-27(15)17-8-6-16(13-39)7-9-17)18-4-2-5-19(12-18)38-28(40)21-22(31)24(33)26(35)25(34)23(21)32/h2-12,15,20,27,29,39H,13-14H2,1H3,(H,38,40)/t15-,20+,27+,29+/m1/s1. The number of carbonyl (C=O) groups excluding carboxylic acids is 1. The summed E-state index contributed by atoms with van der Waals surface area (Å²) in [6.45, 7) is 1.85. The zero-order valence-electron chi connectivity index (χ0n) is 22.4. The van der Waals surface area contributed by atoms with E-state index in [1.165, 1.54) is 30.0 Å². The van der Waals surface area contributed by atoms with Crippen LogP contribution in [0.3, 0.4) is 0 Å². The highest BCUT2D eigenvalue weighted by Crippen LogP contribution is 2.43. The van der Waals surface area contributed by atoms with Gasteiger partial charge in [-0.2, -0.15) is 0 Å². The molecule has 7 nitrogen and oxygen atoms in total. The first-order chi connectivity index (χ1) is 20.7. The molecule has 1 aliphatic heterocycles. The van der Waals surface area contributed by atoms with E-state index in [1.54, 1.807) is 36.7 Å². The Balaban J connectivity index is 1.41. The molecule has 4 aromatic rings. The Labute approximate surface area is 247 Å². The van der Waals surface area contributed by atoms with Crippen molar-refractivity contribution in [3.8, 4) is 0 Å². The number of aliphatic hydroxyl groups excluding tert-OH is 1. The molecule has 1 saturated heterocycles. The van der Waals surface area contributed by atoms with Gasteiger partial charge in [0.1, 0.15) is 5.56 Å². The maximum absolute atomic E-state index is 14.2. The van der Waals surface area contributed by atoms with Gasteiger partial charge in [-0.15, -0.1) is 0 Å². The molecule has 0 radical (unpaired) electrons. The van der Waals surface area contributed by atoms with Crippen molar-refractivity contribution < 1.29 is 41.3 Å². The van der Waals surface area contributed by atoms with E-state index in [4.69, 9.17) is 9.47 Å². The average Bonchev–Trinajstić information content (AvgIpc) is 3.03. The van der Waals surface area contributed by atoms with E-state index in [1.807, 2.05) is 19.1 Å². The molecule has 4 atom stereocenters. The summed E-state index contributed by atoms with van der Waals surface area (Å²) in [5, 5.41) is 12.2. The van der Waals surface area contributed by atoms with Crippen LogP contribution in [0.25, 0.3) is 0 Å². The Morgan fingerprint density at radius 3 is 2.19 bits per heavy atom. The van der Waals surface area contributed by atoms with Crippen LogP contribution in [0.2, 0.25) is 0 Å². The van der Waals surface area contributed by atoms with E-state index in [0.29, 0.717) is 16.5 Å². The molecule has 43 heavy (non-hydrogen) atoms. The summed E-state index contributed by atoms with van der Waals surface area (Å²) in [5.41, 5.74) is 0.382. The van der Waals surface area contributed by atoms with Crippen LogP contribution in [0.4, 0.5) is 27.6 Å². The highest BCUT2D eigenvalue weighted by molar-refractivity contribution is 7.99. The van der Waals surface area contributed by atoms with Crippen LogP contribution in [-0.4, -0.2) is 32.8 Å². The van der Waals surface area contributed by atoms with E-state index in [9.17, 15) is 31.9 Å². The summed E-state index contributed by atoms with van der Waals surface area (Å²) in [5.74, 6) is -12.5. The van der Waals surface area contributed by atoms with Gasteiger partial charge in [-0.1, -0.05) is 55.1 Å². The fourth-order valence-electron chi connectivity index (χ4n) is 4.59. The van der Waals surface area contributed by atoms with Crippen LogP contribution in [0.1, 0.15) is 46.4 Å². The Hall–Kier alpha value is -3.91. The minimum atomic E-state index is -2.36. The summed E-state index contributed by atoms with van der Waals surface area (Å²) in [6.07, 6.45) is 1.46. The number of ether oxygens (including phenoxy) is 2. The molecule has 1 amide bonds. The van der Waals surface area contributed by atoms with Gasteiger partial charge in [0.05, 0.1) is 18.8 Å². The predicted octanol–water partition coefficient (Wildman–Crippen LogP) is 6.50. The van der Waals surface area contributed by atoms with Crippen LogP contribution >= 0.6 is 11.8 Å². The summed E-state index contributed by atoms with van der Waals surface area (Å²) >= 11 is 1.39. The van der Waals surface area contributed by atoms with Crippen LogP contribution in [0.15, 0.2) is 72.1 Å². The molecular weight excluding hydrogens is 593 g/mol. The number of carbonyl (C=O) groups is 1. The number of nitrogens with zero attached hydrogens (tertiary/aromatic N) is 2. The van der Waals surface area contributed by atoms with Crippen molar-refractivity contribution in [2.75, 3.05) is 11.1 Å².